The van der Waals surface area contributed by atoms with Crippen LogP contribution in [0.25, 0.3) is 0 Å². The molecule has 0 heterocycles. The van der Waals surface area contributed by atoms with Crippen molar-refractivity contribution in [3.63, 3.8) is 0 Å². The Bertz CT molecular complexity index is 360. The first-order chi connectivity index (χ1) is 7.22. The van der Waals surface area contributed by atoms with E-state index in [-0.39, 0.29) is 0 Å². The zero-order chi connectivity index (χ0) is 11.1. The fraction of sp³-hybridized carbons (Fsp3) is 0.333. The number of carbonyl (C=O) groups is 1. The van der Waals surface area contributed by atoms with Crippen LogP contribution in [0.3, 0.4) is 0 Å². The molecule has 1 aliphatic rings. The van der Waals surface area contributed by atoms with E-state index in [0.717, 1.165) is 0 Å². The lowest BCUT2D eigenvalue weighted by Gasteiger charge is -2.18. The first kappa shape index (κ1) is 11.3. The zero-order valence-electron chi connectivity index (χ0n) is 8.64. The molecule has 0 bridgehead atoms. The number of hydrogen-bond donors (Lipinski definition) is 0. The molecule has 0 spiro atoms. The zero-order valence-corrected chi connectivity index (χ0v) is 8.64. The summed E-state index contributed by atoms with van der Waals surface area (Å²) in [6, 6.07) is 2.18. The quantitative estimate of drug-likeness (QED) is 0.521. The van der Waals surface area contributed by atoms with Crippen LogP contribution >= 0.6 is 0 Å². The molecule has 0 saturated heterocycles. The van der Waals surface area contributed by atoms with Crippen LogP contribution in [0.1, 0.15) is 13.3 Å². The third-order valence-electron chi connectivity index (χ3n) is 2.11. The standard InChI is InChI=1S/C12H13NO2/c1-2-15-11(14)6-9-12(10-13)7-4-3-5-8-12/h3-7,9H,2,8H2,1H3/b9-6+. The Morgan fingerprint density at radius 2 is 2.47 bits per heavy atom. The van der Waals surface area contributed by atoms with Gasteiger partial charge in [0.25, 0.3) is 0 Å². The monoisotopic (exact) mass is 203 g/mol. The molecule has 0 aromatic rings. The van der Waals surface area contributed by atoms with Crippen LogP contribution in [0.4, 0.5) is 0 Å². The third kappa shape index (κ3) is 3.10. The van der Waals surface area contributed by atoms with Crippen molar-refractivity contribution < 1.29 is 9.53 Å². The average molecular weight is 203 g/mol. The van der Waals surface area contributed by atoms with Gasteiger partial charge in [-0.1, -0.05) is 30.4 Å². The van der Waals surface area contributed by atoms with Gasteiger partial charge in [-0.3, -0.25) is 0 Å². The van der Waals surface area contributed by atoms with E-state index in [1.54, 1.807) is 19.1 Å². The van der Waals surface area contributed by atoms with Crippen LogP contribution in [0.15, 0.2) is 36.5 Å². The van der Waals surface area contributed by atoms with Gasteiger partial charge >= 0.3 is 5.97 Å². The Morgan fingerprint density at radius 1 is 1.67 bits per heavy atom. The highest BCUT2D eigenvalue weighted by Gasteiger charge is 2.23. The molecule has 0 aliphatic heterocycles. The number of nitrogens with zero attached hydrogens (tertiary/aromatic N) is 1. The summed E-state index contributed by atoms with van der Waals surface area (Å²) < 4.78 is 4.75. The van der Waals surface area contributed by atoms with E-state index in [4.69, 9.17) is 10.00 Å². The maximum absolute atomic E-state index is 11.1. The van der Waals surface area contributed by atoms with Gasteiger partial charge in [0, 0.05) is 6.08 Å². The minimum atomic E-state index is -0.693. The number of rotatable bonds is 3. The van der Waals surface area contributed by atoms with E-state index in [1.807, 2.05) is 18.2 Å². The fourth-order valence-electron chi connectivity index (χ4n) is 1.29. The number of hydrogen-bond acceptors (Lipinski definition) is 3. The molecule has 1 unspecified atom stereocenters. The normalized spacial score (nSPS) is 24.0. The Balaban J connectivity index is 2.70. The maximum Gasteiger partial charge on any atom is 0.330 e. The molecule has 1 aliphatic carbocycles. The molecule has 0 saturated carbocycles. The summed E-state index contributed by atoms with van der Waals surface area (Å²) in [6.45, 7) is 2.09. The van der Waals surface area contributed by atoms with Crippen molar-refractivity contribution in [3.05, 3.63) is 36.5 Å². The molecular formula is C12H13NO2. The predicted octanol–water partition coefficient (Wildman–Crippen LogP) is 2.13. The predicted molar refractivity (Wildman–Crippen MR) is 56.7 cm³/mol. The number of nitriles is 1. The molecule has 1 rings (SSSR count). The van der Waals surface area contributed by atoms with Crippen LogP contribution in [-0.2, 0) is 9.53 Å². The molecule has 0 amide bonds. The maximum atomic E-state index is 11.1. The first-order valence-corrected chi connectivity index (χ1v) is 4.84. The van der Waals surface area contributed by atoms with E-state index in [0.29, 0.717) is 13.0 Å². The molecule has 0 radical (unpaired) electrons. The Kier molecular flexibility index (Phi) is 3.87. The van der Waals surface area contributed by atoms with Crippen molar-refractivity contribution in [1.29, 1.82) is 5.26 Å². The molecule has 0 fully saturated rings. The highest BCUT2D eigenvalue weighted by Crippen LogP contribution is 2.28. The van der Waals surface area contributed by atoms with Gasteiger partial charge in [-0.15, -0.1) is 0 Å². The molecule has 0 N–H and O–H groups in total. The first-order valence-electron chi connectivity index (χ1n) is 4.84. The third-order valence-corrected chi connectivity index (χ3v) is 2.11. The summed E-state index contributed by atoms with van der Waals surface area (Å²) in [4.78, 5) is 11.1. The number of allylic oxidation sites excluding steroid dienone is 5. The van der Waals surface area contributed by atoms with Crippen LogP contribution in [0.2, 0.25) is 0 Å². The van der Waals surface area contributed by atoms with Gasteiger partial charge in [0.1, 0.15) is 0 Å². The van der Waals surface area contributed by atoms with E-state index in [2.05, 4.69) is 6.07 Å². The van der Waals surface area contributed by atoms with E-state index in [9.17, 15) is 4.79 Å². The van der Waals surface area contributed by atoms with Crippen molar-refractivity contribution in [2.45, 2.75) is 13.3 Å². The second-order valence-electron chi connectivity index (χ2n) is 3.23. The van der Waals surface area contributed by atoms with Crippen molar-refractivity contribution >= 4 is 5.97 Å². The van der Waals surface area contributed by atoms with Gasteiger partial charge in [0.15, 0.2) is 0 Å². The van der Waals surface area contributed by atoms with Gasteiger partial charge in [0.2, 0.25) is 0 Å². The lowest BCUT2D eigenvalue weighted by Crippen LogP contribution is -2.13. The molecule has 15 heavy (non-hydrogen) atoms. The highest BCUT2D eigenvalue weighted by atomic mass is 16.5. The van der Waals surface area contributed by atoms with Crippen molar-refractivity contribution in [2.24, 2.45) is 5.41 Å². The van der Waals surface area contributed by atoms with Crippen molar-refractivity contribution in [2.75, 3.05) is 6.61 Å². The summed E-state index contributed by atoms with van der Waals surface area (Å²) >= 11 is 0. The summed E-state index contributed by atoms with van der Waals surface area (Å²) in [5.74, 6) is -0.407. The van der Waals surface area contributed by atoms with Crippen molar-refractivity contribution in [1.82, 2.24) is 0 Å². The van der Waals surface area contributed by atoms with Gasteiger partial charge in [-0.25, -0.2) is 4.79 Å². The SMILES string of the molecule is CCOC(=O)/C=C/C1(C#N)C=CC=CC1. The summed E-state index contributed by atoms with van der Waals surface area (Å²) in [5.41, 5.74) is -0.693. The van der Waals surface area contributed by atoms with Gasteiger partial charge in [-0.05, 0) is 13.3 Å². The second-order valence-corrected chi connectivity index (χ2v) is 3.23. The molecule has 78 valence electrons. The minimum Gasteiger partial charge on any atom is -0.463 e. The molecule has 1 atom stereocenters. The van der Waals surface area contributed by atoms with Crippen molar-refractivity contribution in [3.8, 4) is 6.07 Å². The molecule has 0 aromatic carbocycles. The van der Waals surface area contributed by atoms with E-state index in [1.165, 1.54) is 6.08 Å². The molecule has 0 aromatic heterocycles. The van der Waals surface area contributed by atoms with Gasteiger partial charge in [0.05, 0.1) is 18.1 Å². The van der Waals surface area contributed by atoms with Gasteiger partial charge in [-0.2, -0.15) is 5.26 Å². The minimum absolute atomic E-state index is 0.346. The number of ether oxygens (including phenoxy) is 1. The summed E-state index contributed by atoms with van der Waals surface area (Å²) in [6.07, 6.45) is 10.9. The average Bonchev–Trinajstić information content (AvgIpc) is 2.28. The largest absolute Gasteiger partial charge is 0.463 e. The second kappa shape index (κ2) is 5.16. The smallest absolute Gasteiger partial charge is 0.330 e. The van der Waals surface area contributed by atoms with Crippen LogP contribution < -0.4 is 0 Å². The van der Waals surface area contributed by atoms with E-state index >= 15 is 0 Å². The summed E-state index contributed by atoms with van der Waals surface area (Å²) in [5, 5.41) is 9.05. The van der Waals surface area contributed by atoms with Gasteiger partial charge < -0.3 is 4.74 Å². The molecule has 3 heteroatoms. The lowest BCUT2D eigenvalue weighted by molar-refractivity contribution is -0.137. The molecular weight excluding hydrogens is 190 g/mol. The number of carbonyl (C=O) groups excluding carboxylic acids is 1. The Hall–Kier alpha value is -1.82. The topological polar surface area (TPSA) is 50.1 Å². The Morgan fingerprint density at radius 3 is 3.00 bits per heavy atom. The van der Waals surface area contributed by atoms with Crippen LogP contribution in [0, 0.1) is 16.7 Å². The lowest BCUT2D eigenvalue weighted by atomic mass is 9.83. The molecule has 3 nitrogen and oxygen atoms in total. The van der Waals surface area contributed by atoms with Crippen LogP contribution in [-0.4, -0.2) is 12.6 Å². The number of esters is 1. The van der Waals surface area contributed by atoms with Crippen LogP contribution in [0.5, 0.6) is 0 Å². The fourth-order valence-corrected chi connectivity index (χ4v) is 1.29. The highest BCUT2D eigenvalue weighted by molar-refractivity contribution is 5.82. The Labute approximate surface area is 89.3 Å². The summed E-state index contributed by atoms with van der Waals surface area (Å²) in [7, 11) is 0. The van der Waals surface area contributed by atoms with E-state index < -0.39 is 11.4 Å².